The van der Waals surface area contributed by atoms with Gasteiger partial charge in [0.2, 0.25) is 11.8 Å². The molecule has 2 N–H and O–H groups in total. The molecule has 120 valence electrons. The molecule has 2 aromatic rings. The number of hydrogen-bond donors (Lipinski definition) is 2. The van der Waals surface area contributed by atoms with Crippen LogP contribution in [0, 0.1) is 0 Å². The van der Waals surface area contributed by atoms with Crippen LogP contribution in [-0.4, -0.2) is 11.8 Å². The molecule has 0 bridgehead atoms. The van der Waals surface area contributed by atoms with Crippen LogP contribution in [0.2, 0.25) is 10.0 Å². The van der Waals surface area contributed by atoms with Gasteiger partial charge < -0.3 is 0 Å². The van der Waals surface area contributed by atoms with E-state index < -0.39 is 0 Å². The van der Waals surface area contributed by atoms with Crippen LogP contribution in [0.4, 0.5) is 0 Å². The van der Waals surface area contributed by atoms with Gasteiger partial charge in [0, 0.05) is 16.5 Å². The Morgan fingerprint density at radius 3 is 2.22 bits per heavy atom. The Kier molecular flexibility index (Phi) is 6.44. The van der Waals surface area contributed by atoms with Crippen LogP contribution in [0.25, 0.3) is 0 Å². The van der Waals surface area contributed by atoms with Gasteiger partial charge in [-0.3, -0.25) is 20.4 Å². The number of hydrazine groups is 1. The van der Waals surface area contributed by atoms with Crippen LogP contribution in [-0.2, 0) is 22.4 Å². The molecular formula is C17H16Cl2N2O2. The predicted molar refractivity (Wildman–Crippen MR) is 91.2 cm³/mol. The van der Waals surface area contributed by atoms with Crippen molar-refractivity contribution >= 4 is 35.0 Å². The summed E-state index contributed by atoms with van der Waals surface area (Å²) in [7, 11) is 0. The van der Waals surface area contributed by atoms with Gasteiger partial charge in [-0.25, -0.2) is 0 Å². The maximum atomic E-state index is 11.8. The second kappa shape index (κ2) is 8.56. The lowest BCUT2D eigenvalue weighted by molar-refractivity contribution is -0.128. The number of carbonyl (C=O) groups excluding carboxylic acids is 2. The second-order valence-corrected chi connectivity index (χ2v) is 5.83. The van der Waals surface area contributed by atoms with Crippen LogP contribution in [0.1, 0.15) is 17.5 Å². The minimum atomic E-state index is -0.293. The molecule has 0 fully saturated rings. The van der Waals surface area contributed by atoms with Crippen molar-refractivity contribution < 1.29 is 9.59 Å². The Balaban J connectivity index is 1.72. The summed E-state index contributed by atoms with van der Waals surface area (Å²) in [6.45, 7) is 0. The lowest BCUT2D eigenvalue weighted by Crippen LogP contribution is -2.42. The van der Waals surface area contributed by atoms with E-state index in [9.17, 15) is 9.59 Å². The number of nitrogens with one attached hydrogen (secondary N) is 2. The summed E-state index contributed by atoms with van der Waals surface area (Å²) in [6.07, 6.45) is 0.922. The Labute approximate surface area is 144 Å². The minimum absolute atomic E-state index is 0.169. The fourth-order valence-electron chi connectivity index (χ4n) is 1.98. The highest BCUT2D eigenvalue weighted by Crippen LogP contribution is 2.16. The molecule has 2 aromatic carbocycles. The molecule has 6 heteroatoms. The first kappa shape index (κ1) is 17.3. The third kappa shape index (κ3) is 5.93. The van der Waals surface area contributed by atoms with Crippen LogP contribution in [0.15, 0.2) is 48.5 Å². The Bertz CT molecular complexity index is 687. The number of benzene rings is 2. The van der Waals surface area contributed by atoms with Crippen LogP contribution in [0.5, 0.6) is 0 Å². The maximum absolute atomic E-state index is 11.8. The molecule has 0 aliphatic rings. The highest BCUT2D eigenvalue weighted by atomic mass is 35.5. The van der Waals surface area contributed by atoms with E-state index in [1.807, 2.05) is 18.2 Å². The standard InChI is InChI=1S/C17H16Cl2N2O2/c18-14-8-5-12(6-9-14)11-17(23)21-20-16(22)10-7-13-3-1-2-4-15(13)19/h1-6,8-9H,7,10-11H2,(H,20,22)(H,21,23). The van der Waals surface area contributed by atoms with Crippen molar-refractivity contribution in [3.63, 3.8) is 0 Å². The molecule has 0 aliphatic heterocycles. The maximum Gasteiger partial charge on any atom is 0.242 e. The number of carbonyl (C=O) groups is 2. The molecule has 23 heavy (non-hydrogen) atoms. The van der Waals surface area contributed by atoms with E-state index in [4.69, 9.17) is 23.2 Å². The number of halogens is 2. The van der Waals surface area contributed by atoms with Crippen molar-refractivity contribution in [1.82, 2.24) is 10.9 Å². The zero-order valence-corrected chi connectivity index (χ0v) is 13.8. The van der Waals surface area contributed by atoms with Crippen LogP contribution in [0.3, 0.4) is 0 Å². The smallest absolute Gasteiger partial charge is 0.242 e. The molecule has 0 atom stereocenters. The average molecular weight is 351 g/mol. The van der Waals surface area contributed by atoms with Gasteiger partial charge in [-0.05, 0) is 35.7 Å². The van der Waals surface area contributed by atoms with Gasteiger partial charge >= 0.3 is 0 Å². The zero-order chi connectivity index (χ0) is 16.7. The second-order valence-electron chi connectivity index (χ2n) is 4.99. The van der Waals surface area contributed by atoms with Gasteiger partial charge in [-0.2, -0.15) is 0 Å². The van der Waals surface area contributed by atoms with E-state index in [0.29, 0.717) is 16.5 Å². The van der Waals surface area contributed by atoms with Gasteiger partial charge in [0.25, 0.3) is 0 Å². The highest BCUT2D eigenvalue weighted by molar-refractivity contribution is 6.31. The van der Waals surface area contributed by atoms with E-state index in [2.05, 4.69) is 10.9 Å². The summed E-state index contributed by atoms with van der Waals surface area (Å²) in [6, 6.07) is 14.3. The third-order valence-corrected chi connectivity index (χ3v) is 3.82. The summed E-state index contributed by atoms with van der Waals surface area (Å²) in [5, 5.41) is 1.24. The van der Waals surface area contributed by atoms with E-state index in [-0.39, 0.29) is 24.7 Å². The molecular weight excluding hydrogens is 335 g/mol. The van der Waals surface area contributed by atoms with Gasteiger partial charge in [0.15, 0.2) is 0 Å². The fraction of sp³-hybridized carbons (Fsp3) is 0.176. The van der Waals surface area contributed by atoms with Crippen molar-refractivity contribution in [3.8, 4) is 0 Å². The zero-order valence-electron chi connectivity index (χ0n) is 12.3. The Morgan fingerprint density at radius 1 is 0.870 bits per heavy atom. The topological polar surface area (TPSA) is 58.2 Å². The van der Waals surface area contributed by atoms with Crippen molar-refractivity contribution in [1.29, 1.82) is 0 Å². The first-order valence-corrected chi connectivity index (χ1v) is 7.86. The average Bonchev–Trinajstić information content (AvgIpc) is 2.54. The number of amides is 2. The molecule has 2 rings (SSSR count). The normalized spacial score (nSPS) is 10.2. The van der Waals surface area contributed by atoms with Crippen molar-refractivity contribution in [2.24, 2.45) is 0 Å². The van der Waals surface area contributed by atoms with E-state index in [1.165, 1.54) is 0 Å². The summed E-state index contributed by atoms with van der Waals surface area (Å²) < 4.78 is 0. The number of aryl methyl sites for hydroxylation is 1. The summed E-state index contributed by atoms with van der Waals surface area (Å²) in [5.41, 5.74) is 6.50. The lowest BCUT2D eigenvalue weighted by Gasteiger charge is -2.08. The van der Waals surface area contributed by atoms with Gasteiger partial charge in [-0.1, -0.05) is 53.5 Å². The predicted octanol–water partition coefficient (Wildman–Crippen LogP) is 3.32. The highest BCUT2D eigenvalue weighted by Gasteiger charge is 2.07. The number of rotatable bonds is 5. The molecule has 0 aliphatic carbocycles. The molecule has 0 radical (unpaired) electrons. The van der Waals surface area contributed by atoms with E-state index in [0.717, 1.165) is 11.1 Å². The Morgan fingerprint density at radius 2 is 1.52 bits per heavy atom. The van der Waals surface area contributed by atoms with Gasteiger partial charge in [-0.15, -0.1) is 0 Å². The van der Waals surface area contributed by atoms with Crippen molar-refractivity contribution in [2.75, 3.05) is 0 Å². The van der Waals surface area contributed by atoms with Gasteiger partial charge in [0.05, 0.1) is 6.42 Å². The first-order valence-electron chi connectivity index (χ1n) is 7.10. The quantitative estimate of drug-likeness (QED) is 0.812. The Hall–Kier alpha value is -2.04. The minimum Gasteiger partial charge on any atom is -0.273 e. The monoisotopic (exact) mass is 350 g/mol. The van der Waals surface area contributed by atoms with Gasteiger partial charge in [0.1, 0.15) is 0 Å². The molecule has 0 unspecified atom stereocenters. The summed E-state index contributed by atoms with van der Waals surface area (Å²) >= 11 is 11.8. The molecule has 0 heterocycles. The SMILES string of the molecule is O=C(CCc1ccccc1Cl)NNC(=O)Cc1ccc(Cl)cc1. The van der Waals surface area contributed by atoms with Crippen LogP contribution >= 0.6 is 23.2 Å². The van der Waals surface area contributed by atoms with Crippen molar-refractivity contribution in [3.05, 3.63) is 69.7 Å². The molecule has 0 aromatic heterocycles. The molecule has 4 nitrogen and oxygen atoms in total. The van der Waals surface area contributed by atoms with E-state index >= 15 is 0 Å². The molecule has 0 saturated heterocycles. The first-order chi connectivity index (χ1) is 11.0. The lowest BCUT2D eigenvalue weighted by atomic mass is 10.1. The largest absolute Gasteiger partial charge is 0.273 e. The molecule has 2 amide bonds. The molecule has 0 saturated carbocycles. The number of hydrogen-bond acceptors (Lipinski definition) is 2. The summed E-state index contributed by atoms with van der Waals surface area (Å²) in [5.74, 6) is -0.562. The fourth-order valence-corrected chi connectivity index (χ4v) is 2.34. The van der Waals surface area contributed by atoms with Crippen molar-refractivity contribution in [2.45, 2.75) is 19.3 Å². The van der Waals surface area contributed by atoms with Crippen LogP contribution < -0.4 is 10.9 Å². The summed E-state index contributed by atoms with van der Waals surface area (Å²) in [4.78, 5) is 23.5. The van der Waals surface area contributed by atoms with E-state index in [1.54, 1.807) is 30.3 Å². The molecule has 0 spiro atoms. The third-order valence-electron chi connectivity index (χ3n) is 3.20.